The third-order valence-corrected chi connectivity index (χ3v) is 6.99. The van der Waals surface area contributed by atoms with Crippen LogP contribution in [0.5, 0.6) is 0 Å². The molecule has 1 spiro atoms. The van der Waals surface area contributed by atoms with Gasteiger partial charge in [0.15, 0.2) is 0 Å². The van der Waals surface area contributed by atoms with Crippen LogP contribution in [0.3, 0.4) is 0 Å². The van der Waals surface area contributed by atoms with Crippen molar-refractivity contribution < 1.29 is 23.1 Å². The summed E-state index contributed by atoms with van der Waals surface area (Å²) in [6.45, 7) is 3.87. The second kappa shape index (κ2) is 9.78. The largest absolute Gasteiger partial charge is 0.490 e. The fraction of sp³-hybridized carbons (Fsp3) is 0.391. The number of carboxylic acid groups (broad SMARTS) is 1. The average Bonchev–Trinajstić information content (AvgIpc) is 3.54. The van der Waals surface area contributed by atoms with Gasteiger partial charge in [0.1, 0.15) is 5.82 Å². The van der Waals surface area contributed by atoms with Gasteiger partial charge in [-0.25, -0.2) is 9.48 Å². The highest BCUT2D eigenvalue weighted by atomic mass is 32.1. The number of fused-ring (bicyclic) bond motifs is 1. The topological polar surface area (TPSA) is 97.4 Å². The normalized spacial score (nSPS) is 19.4. The van der Waals surface area contributed by atoms with Gasteiger partial charge in [-0.05, 0) is 30.0 Å². The Labute approximate surface area is 201 Å². The third-order valence-electron chi connectivity index (χ3n) is 6.13. The molecule has 3 aromatic rings. The molecule has 1 fully saturated rings. The number of carboxylic acids is 1. The first-order chi connectivity index (χ1) is 16.6. The SMILES string of the molecule is O=C(O)C(F)(F)F.O=c1c(=O)n2c(nn1Cc1ccccc1)CC1(CCN(Cc3cccs3)C1)C2. The molecule has 1 N–H and O–H groups in total. The molecule has 2 aliphatic heterocycles. The van der Waals surface area contributed by atoms with E-state index in [1.807, 2.05) is 30.3 Å². The summed E-state index contributed by atoms with van der Waals surface area (Å²) >= 11 is 1.78. The fourth-order valence-corrected chi connectivity index (χ4v) is 5.27. The van der Waals surface area contributed by atoms with Crippen LogP contribution in [-0.2, 0) is 30.8 Å². The summed E-state index contributed by atoms with van der Waals surface area (Å²) in [6, 6.07) is 13.9. The lowest BCUT2D eigenvalue weighted by atomic mass is 9.86. The van der Waals surface area contributed by atoms with Crippen LogP contribution in [0.25, 0.3) is 0 Å². The zero-order valence-electron chi connectivity index (χ0n) is 18.6. The number of hydrogen-bond acceptors (Lipinski definition) is 6. The molecule has 1 unspecified atom stereocenters. The molecule has 8 nitrogen and oxygen atoms in total. The van der Waals surface area contributed by atoms with E-state index in [0.717, 1.165) is 43.9 Å². The highest BCUT2D eigenvalue weighted by molar-refractivity contribution is 7.09. The van der Waals surface area contributed by atoms with Crippen molar-refractivity contribution in [1.82, 2.24) is 19.2 Å². The molecule has 4 heterocycles. The van der Waals surface area contributed by atoms with E-state index in [1.54, 1.807) is 15.9 Å². The first-order valence-electron chi connectivity index (χ1n) is 10.9. The molecular weight excluding hydrogens is 485 g/mol. The lowest BCUT2D eigenvalue weighted by Gasteiger charge is -2.22. The Bertz CT molecular complexity index is 1310. The second-order valence-electron chi connectivity index (χ2n) is 8.78. The summed E-state index contributed by atoms with van der Waals surface area (Å²) in [4.78, 5) is 38.0. The van der Waals surface area contributed by atoms with Crippen molar-refractivity contribution in [2.24, 2.45) is 5.41 Å². The van der Waals surface area contributed by atoms with Gasteiger partial charge in [0.25, 0.3) is 0 Å². The quantitative estimate of drug-likeness (QED) is 0.545. The van der Waals surface area contributed by atoms with E-state index in [9.17, 15) is 22.8 Å². The molecule has 0 saturated carbocycles. The van der Waals surface area contributed by atoms with Crippen molar-refractivity contribution >= 4 is 17.3 Å². The van der Waals surface area contributed by atoms with Gasteiger partial charge in [-0.3, -0.25) is 19.1 Å². The molecule has 12 heteroatoms. The standard InChI is InChI=1S/C21H22N4O2S.C2HF3O2/c26-19-20(27)25(12-16-5-2-1-3-6-16)22-18-11-21(15-24(18)19)8-9-23(14-21)13-17-7-4-10-28-17;3-2(4,5)1(6)7/h1-7,10H,8-9,11-15H2;(H,6,7). The number of rotatable bonds is 4. The zero-order valence-corrected chi connectivity index (χ0v) is 19.4. The molecule has 2 aliphatic rings. The number of alkyl halides is 3. The molecule has 1 aromatic carbocycles. The van der Waals surface area contributed by atoms with Crippen LogP contribution in [-0.4, -0.2) is 49.6 Å². The summed E-state index contributed by atoms with van der Waals surface area (Å²) in [6.07, 6.45) is -3.29. The predicted molar refractivity (Wildman–Crippen MR) is 122 cm³/mol. The maximum atomic E-state index is 12.7. The number of likely N-dealkylation sites (tertiary alicyclic amines) is 1. The maximum Gasteiger partial charge on any atom is 0.490 e. The number of thiophene rings is 1. The number of carbonyl (C=O) groups is 1. The van der Waals surface area contributed by atoms with Crippen LogP contribution < -0.4 is 11.1 Å². The molecule has 0 aliphatic carbocycles. The Morgan fingerprint density at radius 3 is 2.40 bits per heavy atom. The van der Waals surface area contributed by atoms with Crippen LogP contribution in [0.1, 0.15) is 22.7 Å². The maximum absolute atomic E-state index is 12.7. The highest BCUT2D eigenvalue weighted by Gasteiger charge is 2.44. The van der Waals surface area contributed by atoms with Gasteiger partial charge in [-0.1, -0.05) is 36.4 Å². The monoisotopic (exact) mass is 508 g/mol. The minimum atomic E-state index is -5.08. The summed E-state index contributed by atoms with van der Waals surface area (Å²) in [5.74, 6) is -2.01. The summed E-state index contributed by atoms with van der Waals surface area (Å²) < 4.78 is 34.7. The van der Waals surface area contributed by atoms with E-state index < -0.39 is 23.3 Å². The number of benzene rings is 1. The average molecular weight is 509 g/mol. The highest BCUT2D eigenvalue weighted by Crippen LogP contribution is 2.39. The van der Waals surface area contributed by atoms with Crippen LogP contribution in [0.15, 0.2) is 57.4 Å². The molecular formula is C23H23F3N4O4S. The van der Waals surface area contributed by atoms with Crippen LogP contribution >= 0.6 is 11.3 Å². The van der Waals surface area contributed by atoms with Crippen molar-refractivity contribution in [2.45, 2.75) is 38.7 Å². The summed E-state index contributed by atoms with van der Waals surface area (Å²) in [5.41, 5.74) is 0.0270. The summed E-state index contributed by atoms with van der Waals surface area (Å²) in [5, 5.41) is 13.8. The molecule has 1 saturated heterocycles. The van der Waals surface area contributed by atoms with Crippen LogP contribution in [0, 0.1) is 5.41 Å². The first kappa shape index (κ1) is 24.9. The van der Waals surface area contributed by atoms with Crippen molar-refractivity contribution in [3.8, 4) is 0 Å². The fourth-order valence-electron chi connectivity index (χ4n) is 4.52. The number of aliphatic carboxylic acids is 1. The van der Waals surface area contributed by atoms with Crippen molar-refractivity contribution in [1.29, 1.82) is 0 Å². The Hall–Kier alpha value is -3.25. The lowest BCUT2D eigenvalue weighted by molar-refractivity contribution is -0.192. The van der Waals surface area contributed by atoms with Crippen molar-refractivity contribution in [2.75, 3.05) is 13.1 Å². The molecule has 35 heavy (non-hydrogen) atoms. The van der Waals surface area contributed by atoms with Gasteiger partial charge >= 0.3 is 23.3 Å². The zero-order chi connectivity index (χ0) is 25.2. The minimum absolute atomic E-state index is 0.0226. The number of aromatic nitrogens is 3. The first-order valence-corrected chi connectivity index (χ1v) is 11.7. The molecule has 0 bridgehead atoms. The molecule has 0 amide bonds. The van der Waals surface area contributed by atoms with Crippen LogP contribution in [0.4, 0.5) is 13.2 Å². The van der Waals surface area contributed by atoms with Gasteiger partial charge in [0.05, 0.1) is 6.54 Å². The van der Waals surface area contributed by atoms with E-state index in [4.69, 9.17) is 9.90 Å². The minimum Gasteiger partial charge on any atom is -0.475 e. The summed E-state index contributed by atoms with van der Waals surface area (Å²) in [7, 11) is 0. The Morgan fingerprint density at radius 1 is 1.06 bits per heavy atom. The van der Waals surface area contributed by atoms with Crippen molar-refractivity contribution in [3.63, 3.8) is 0 Å². The molecule has 0 radical (unpaired) electrons. The van der Waals surface area contributed by atoms with E-state index >= 15 is 0 Å². The predicted octanol–water partition coefficient (Wildman–Crippen LogP) is 2.60. The van der Waals surface area contributed by atoms with Crippen molar-refractivity contribution in [3.05, 3.63) is 84.8 Å². The van der Waals surface area contributed by atoms with Gasteiger partial charge < -0.3 is 5.11 Å². The second-order valence-corrected chi connectivity index (χ2v) is 9.81. The van der Waals surface area contributed by atoms with E-state index in [-0.39, 0.29) is 5.41 Å². The number of halogens is 3. The molecule has 1 atom stereocenters. The molecule has 186 valence electrons. The number of nitrogens with zero attached hydrogens (tertiary/aromatic N) is 4. The Morgan fingerprint density at radius 2 is 1.77 bits per heavy atom. The Kier molecular flexibility index (Phi) is 6.95. The van der Waals surface area contributed by atoms with E-state index in [0.29, 0.717) is 13.1 Å². The Balaban J connectivity index is 0.000000364. The van der Waals surface area contributed by atoms with Gasteiger partial charge in [-0.2, -0.15) is 18.3 Å². The molecule has 5 rings (SSSR count). The van der Waals surface area contributed by atoms with Gasteiger partial charge in [-0.15, -0.1) is 11.3 Å². The van der Waals surface area contributed by atoms with Crippen LogP contribution in [0.2, 0.25) is 0 Å². The number of hydrogen-bond donors (Lipinski definition) is 1. The van der Waals surface area contributed by atoms with Gasteiger partial charge in [0, 0.05) is 36.3 Å². The van der Waals surface area contributed by atoms with Gasteiger partial charge in [0.2, 0.25) is 0 Å². The van der Waals surface area contributed by atoms with E-state index in [2.05, 4.69) is 27.5 Å². The molecule has 2 aromatic heterocycles. The van der Waals surface area contributed by atoms with E-state index in [1.165, 1.54) is 9.56 Å². The lowest BCUT2D eigenvalue weighted by Crippen LogP contribution is -2.43. The smallest absolute Gasteiger partial charge is 0.475 e. The third kappa shape index (κ3) is 5.70.